The van der Waals surface area contributed by atoms with E-state index in [2.05, 4.69) is 15.4 Å². The molecule has 0 radical (unpaired) electrons. The number of amides is 1. The number of carbonyl (C=O) groups is 1. The molecule has 1 aliphatic heterocycles. The lowest BCUT2D eigenvalue weighted by molar-refractivity contribution is -0.115. The number of nitrogens with one attached hydrogen (secondary N) is 1. The average molecular weight is 299 g/mol. The van der Waals surface area contributed by atoms with Gasteiger partial charge in [-0.05, 0) is 31.5 Å². The molecule has 22 heavy (non-hydrogen) atoms. The van der Waals surface area contributed by atoms with Crippen molar-refractivity contribution in [3.05, 3.63) is 47.4 Å². The largest absolute Gasteiger partial charge is 0.494 e. The van der Waals surface area contributed by atoms with Crippen molar-refractivity contribution in [3.8, 4) is 5.75 Å². The molecule has 1 aliphatic rings. The third kappa shape index (κ3) is 2.30. The molecule has 0 spiro atoms. The Labute approximate surface area is 127 Å². The van der Waals surface area contributed by atoms with E-state index in [1.54, 1.807) is 11.6 Å². The van der Waals surface area contributed by atoms with Crippen molar-refractivity contribution in [1.29, 1.82) is 0 Å². The molecule has 0 saturated carbocycles. The molecule has 1 atom stereocenters. The molecule has 1 aromatic carbocycles. The van der Waals surface area contributed by atoms with E-state index in [4.69, 9.17) is 10.5 Å². The summed E-state index contributed by atoms with van der Waals surface area (Å²) in [7, 11) is 0. The highest BCUT2D eigenvalue weighted by Gasteiger charge is 2.32. The number of allylic oxidation sites excluding steroid dienone is 1. The minimum absolute atomic E-state index is 0.396. The van der Waals surface area contributed by atoms with Crippen LogP contribution < -0.4 is 15.8 Å². The van der Waals surface area contributed by atoms with Gasteiger partial charge in [-0.15, -0.1) is 0 Å². The number of nitrogens with zero attached hydrogens (tertiary/aromatic N) is 3. The molecule has 3 rings (SSSR count). The maximum absolute atomic E-state index is 11.9. The number of rotatable bonds is 4. The van der Waals surface area contributed by atoms with Crippen LogP contribution in [-0.2, 0) is 4.79 Å². The topological polar surface area (TPSA) is 95.1 Å². The quantitative estimate of drug-likeness (QED) is 0.891. The maximum atomic E-state index is 11.9. The minimum atomic E-state index is -0.481. The summed E-state index contributed by atoms with van der Waals surface area (Å²) < 4.78 is 7.10. The number of aromatic nitrogens is 3. The lowest BCUT2D eigenvalue weighted by atomic mass is 9.95. The predicted molar refractivity (Wildman–Crippen MR) is 81.3 cm³/mol. The molecular formula is C15H17N5O2. The van der Waals surface area contributed by atoms with Crippen LogP contribution in [0.15, 0.2) is 41.9 Å². The molecule has 0 unspecified atom stereocenters. The first-order chi connectivity index (χ1) is 10.6. The van der Waals surface area contributed by atoms with E-state index in [9.17, 15) is 4.79 Å². The second-order valence-corrected chi connectivity index (χ2v) is 4.96. The van der Waals surface area contributed by atoms with Crippen LogP contribution in [-0.4, -0.2) is 27.3 Å². The third-order valence-corrected chi connectivity index (χ3v) is 3.57. The van der Waals surface area contributed by atoms with Gasteiger partial charge in [0.15, 0.2) is 0 Å². The molecular weight excluding hydrogens is 282 g/mol. The summed E-state index contributed by atoms with van der Waals surface area (Å²) in [6, 6.07) is 7.15. The van der Waals surface area contributed by atoms with Crippen molar-refractivity contribution in [2.45, 2.75) is 19.9 Å². The van der Waals surface area contributed by atoms with E-state index < -0.39 is 11.9 Å². The van der Waals surface area contributed by atoms with E-state index >= 15 is 0 Å². The lowest BCUT2D eigenvalue weighted by Crippen LogP contribution is -2.31. The van der Waals surface area contributed by atoms with Crippen molar-refractivity contribution in [1.82, 2.24) is 14.8 Å². The van der Waals surface area contributed by atoms with E-state index in [0.717, 1.165) is 11.3 Å². The Balaban J connectivity index is 2.08. The number of ether oxygens (including phenoxy) is 1. The van der Waals surface area contributed by atoms with Gasteiger partial charge in [0.25, 0.3) is 0 Å². The number of anilines is 1. The number of nitrogens with two attached hydrogens (primary N) is 1. The molecule has 0 saturated heterocycles. The van der Waals surface area contributed by atoms with Crippen molar-refractivity contribution in [2.75, 3.05) is 11.9 Å². The third-order valence-electron chi connectivity index (χ3n) is 3.57. The van der Waals surface area contributed by atoms with Gasteiger partial charge in [-0.1, -0.05) is 12.1 Å². The second-order valence-electron chi connectivity index (χ2n) is 4.96. The molecule has 0 aliphatic carbocycles. The van der Waals surface area contributed by atoms with Gasteiger partial charge in [0.1, 0.15) is 18.1 Å². The minimum Gasteiger partial charge on any atom is -0.494 e. The Bertz CT molecular complexity index is 733. The SMILES string of the molecule is CCOc1ccc([C@H]2C(C(N)=O)=C(C)Nc3ncnn32)cc1. The smallest absolute Gasteiger partial charge is 0.248 e. The molecule has 0 fully saturated rings. The number of hydrogen-bond acceptors (Lipinski definition) is 5. The predicted octanol–water partition coefficient (Wildman–Crippen LogP) is 1.45. The standard InChI is InChI=1S/C15H17N5O2/c1-3-22-11-6-4-10(5-7-11)13-12(14(16)21)9(2)19-15-17-8-18-20(13)15/h4-8,13H,3H2,1-2H3,(H2,16,21)(H,17,18,19)/t13-/m0/s1. The fraction of sp³-hybridized carbons (Fsp3) is 0.267. The summed E-state index contributed by atoms with van der Waals surface area (Å²) >= 11 is 0. The number of benzene rings is 1. The summed E-state index contributed by atoms with van der Waals surface area (Å²) in [4.78, 5) is 16.0. The van der Waals surface area contributed by atoms with Crippen molar-refractivity contribution < 1.29 is 9.53 Å². The van der Waals surface area contributed by atoms with Gasteiger partial charge in [0.05, 0.1) is 12.2 Å². The zero-order chi connectivity index (χ0) is 15.7. The number of fused-ring (bicyclic) bond motifs is 1. The molecule has 2 heterocycles. The zero-order valence-electron chi connectivity index (χ0n) is 12.4. The Hall–Kier alpha value is -2.83. The average Bonchev–Trinajstić information content (AvgIpc) is 2.94. The lowest BCUT2D eigenvalue weighted by Gasteiger charge is -2.27. The van der Waals surface area contributed by atoms with Crippen LogP contribution in [0.4, 0.5) is 5.95 Å². The zero-order valence-corrected chi connectivity index (χ0v) is 12.4. The van der Waals surface area contributed by atoms with E-state index in [0.29, 0.717) is 23.8 Å². The van der Waals surface area contributed by atoms with Crippen LogP contribution in [0.1, 0.15) is 25.5 Å². The van der Waals surface area contributed by atoms with Gasteiger partial charge in [0, 0.05) is 5.70 Å². The first-order valence-electron chi connectivity index (χ1n) is 7.01. The molecule has 7 heteroatoms. The van der Waals surface area contributed by atoms with Crippen molar-refractivity contribution in [2.24, 2.45) is 5.73 Å². The molecule has 7 nitrogen and oxygen atoms in total. The van der Waals surface area contributed by atoms with Gasteiger partial charge in [0.2, 0.25) is 11.9 Å². The highest BCUT2D eigenvalue weighted by atomic mass is 16.5. The van der Waals surface area contributed by atoms with Crippen molar-refractivity contribution in [3.63, 3.8) is 0 Å². The van der Waals surface area contributed by atoms with Crippen LogP contribution in [0.3, 0.4) is 0 Å². The highest BCUT2D eigenvalue weighted by Crippen LogP contribution is 2.34. The second kappa shape index (κ2) is 5.51. The van der Waals surface area contributed by atoms with Crippen LogP contribution >= 0.6 is 0 Å². The van der Waals surface area contributed by atoms with Crippen molar-refractivity contribution >= 4 is 11.9 Å². The normalized spacial score (nSPS) is 16.9. The van der Waals surface area contributed by atoms with Gasteiger partial charge in [-0.2, -0.15) is 10.1 Å². The monoisotopic (exact) mass is 299 g/mol. The van der Waals surface area contributed by atoms with Crippen LogP contribution in [0, 0.1) is 0 Å². The van der Waals surface area contributed by atoms with Gasteiger partial charge >= 0.3 is 0 Å². The molecule has 3 N–H and O–H groups in total. The molecule has 0 bridgehead atoms. The first kappa shape index (κ1) is 14.1. The highest BCUT2D eigenvalue weighted by molar-refractivity contribution is 5.95. The summed E-state index contributed by atoms with van der Waals surface area (Å²) in [5.41, 5.74) is 7.62. The van der Waals surface area contributed by atoms with E-state index in [1.807, 2.05) is 31.2 Å². The Kier molecular flexibility index (Phi) is 3.54. The molecule has 114 valence electrons. The van der Waals surface area contributed by atoms with Gasteiger partial charge in [-0.25, -0.2) is 4.68 Å². The van der Waals surface area contributed by atoms with E-state index in [1.165, 1.54) is 6.33 Å². The summed E-state index contributed by atoms with van der Waals surface area (Å²) in [5, 5.41) is 7.26. The Morgan fingerprint density at radius 2 is 2.14 bits per heavy atom. The van der Waals surface area contributed by atoms with E-state index in [-0.39, 0.29) is 0 Å². The number of hydrogen-bond donors (Lipinski definition) is 2. The first-order valence-corrected chi connectivity index (χ1v) is 7.01. The van der Waals surface area contributed by atoms with Crippen LogP contribution in [0.25, 0.3) is 0 Å². The molecule has 1 amide bonds. The Morgan fingerprint density at radius 1 is 1.41 bits per heavy atom. The molecule has 2 aromatic rings. The fourth-order valence-electron chi connectivity index (χ4n) is 2.63. The maximum Gasteiger partial charge on any atom is 0.248 e. The van der Waals surface area contributed by atoms with Crippen LogP contribution in [0.5, 0.6) is 5.75 Å². The van der Waals surface area contributed by atoms with Crippen LogP contribution in [0.2, 0.25) is 0 Å². The molecule has 1 aromatic heterocycles. The number of primary amides is 1. The Morgan fingerprint density at radius 3 is 2.77 bits per heavy atom. The summed E-state index contributed by atoms with van der Waals surface area (Å²) in [5.74, 6) is 0.881. The van der Waals surface area contributed by atoms with Gasteiger partial charge in [-0.3, -0.25) is 4.79 Å². The fourth-order valence-corrected chi connectivity index (χ4v) is 2.63. The number of carbonyl (C=O) groups excluding carboxylic acids is 1. The summed E-state index contributed by atoms with van der Waals surface area (Å²) in [6.45, 7) is 4.34. The van der Waals surface area contributed by atoms with Gasteiger partial charge < -0.3 is 15.8 Å². The summed E-state index contributed by atoms with van der Waals surface area (Å²) in [6.07, 6.45) is 1.45.